The molecule has 0 bridgehead atoms. The standard InChI is InChI=1S/C9H14N4O3S/c1-11-17(15,16)5-4-12-9(14)8-3-2-7(10)6-13-8/h2-3,6,11H,4-5,10H2,1H3,(H,12,14). The third-order valence-electron chi connectivity index (χ3n) is 1.99. The second-order valence-electron chi connectivity index (χ2n) is 3.26. The summed E-state index contributed by atoms with van der Waals surface area (Å²) >= 11 is 0. The van der Waals surface area contributed by atoms with Gasteiger partial charge in [0.15, 0.2) is 0 Å². The van der Waals surface area contributed by atoms with Gasteiger partial charge in [0.2, 0.25) is 10.0 Å². The Kier molecular flexibility index (Phi) is 4.41. The second kappa shape index (κ2) is 5.60. The van der Waals surface area contributed by atoms with Crippen molar-refractivity contribution in [3.05, 3.63) is 24.0 Å². The molecule has 0 radical (unpaired) electrons. The molecule has 8 heteroatoms. The third kappa shape index (κ3) is 4.37. The maximum Gasteiger partial charge on any atom is 0.269 e. The van der Waals surface area contributed by atoms with Crippen LogP contribution in [-0.4, -0.2) is 38.7 Å². The second-order valence-corrected chi connectivity index (χ2v) is 5.30. The summed E-state index contributed by atoms with van der Waals surface area (Å²) in [6.07, 6.45) is 1.36. The van der Waals surface area contributed by atoms with Crippen LogP contribution < -0.4 is 15.8 Å². The fourth-order valence-electron chi connectivity index (χ4n) is 1.03. The number of carbonyl (C=O) groups is 1. The first-order valence-corrected chi connectivity index (χ1v) is 6.51. The number of anilines is 1. The highest BCUT2D eigenvalue weighted by Gasteiger charge is 2.09. The summed E-state index contributed by atoms with van der Waals surface area (Å²) in [6, 6.07) is 3.02. The summed E-state index contributed by atoms with van der Waals surface area (Å²) in [5.41, 5.74) is 6.07. The number of carbonyl (C=O) groups excluding carboxylic acids is 1. The predicted octanol–water partition coefficient (Wildman–Crippen LogP) is -1.06. The average molecular weight is 258 g/mol. The Hall–Kier alpha value is -1.67. The molecule has 0 aliphatic heterocycles. The van der Waals surface area contributed by atoms with Gasteiger partial charge in [0, 0.05) is 6.54 Å². The van der Waals surface area contributed by atoms with Gasteiger partial charge < -0.3 is 11.1 Å². The highest BCUT2D eigenvalue weighted by molar-refractivity contribution is 7.89. The summed E-state index contributed by atoms with van der Waals surface area (Å²) in [5, 5.41) is 2.45. The number of nitrogen functional groups attached to an aromatic ring is 1. The molecule has 0 unspecified atom stereocenters. The van der Waals surface area contributed by atoms with E-state index in [2.05, 4.69) is 15.0 Å². The number of nitrogens with zero attached hydrogens (tertiary/aromatic N) is 1. The molecule has 94 valence electrons. The molecule has 0 fully saturated rings. The Balaban J connectivity index is 2.48. The van der Waals surface area contributed by atoms with Crippen LogP contribution in [0.4, 0.5) is 5.69 Å². The van der Waals surface area contributed by atoms with Gasteiger partial charge in [-0.25, -0.2) is 18.1 Å². The quantitative estimate of drug-likeness (QED) is 0.623. The fraction of sp³-hybridized carbons (Fsp3) is 0.333. The van der Waals surface area contributed by atoms with E-state index in [0.717, 1.165) is 0 Å². The zero-order valence-corrected chi connectivity index (χ0v) is 10.1. The first-order valence-electron chi connectivity index (χ1n) is 4.85. The van der Waals surface area contributed by atoms with Crippen LogP contribution in [-0.2, 0) is 10.0 Å². The van der Waals surface area contributed by atoms with Crippen molar-refractivity contribution in [2.45, 2.75) is 0 Å². The van der Waals surface area contributed by atoms with Gasteiger partial charge in [0.1, 0.15) is 5.69 Å². The van der Waals surface area contributed by atoms with Gasteiger partial charge in [0.25, 0.3) is 5.91 Å². The number of hydrogen-bond donors (Lipinski definition) is 3. The number of amides is 1. The molecule has 0 spiro atoms. The van der Waals surface area contributed by atoms with Crippen molar-refractivity contribution in [2.24, 2.45) is 0 Å². The molecule has 7 nitrogen and oxygen atoms in total. The van der Waals surface area contributed by atoms with E-state index in [0.29, 0.717) is 5.69 Å². The highest BCUT2D eigenvalue weighted by Crippen LogP contribution is 2.00. The van der Waals surface area contributed by atoms with Crippen LogP contribution >= 0.6 is 0 Å². The Morgan fingerprint density at radius 1 is 1.47 bits per heavy atom. The van der Waals surface area contributed by atoms with Gasteiger partial charge in [-0.3, -0.25) is 4.79 Å². The van der Waals surface area contributed by atoms with Crippen LogP contribution in [0.2, 0.25) is 0 Å². The lowest BCUT2D eigenvalue weighted by Crippen LogP contribution is -2.33. The van der Waals surface area contributed by atoms with Crippen LogP contribution in [0.3, 0.4) is 0 Å². The number of rotatable bonds is 5. The zero-order valence-electron chi connectivity index (χ0n) is 9.30. The van der Waals surface area contributed by atoms with Crippen molar-refractivity contribution in [1.82, 2.24) is 15.0 Å². The summed E-state index contributed by atoms with van der Waals surface area (Å²) in [5.74, 6) is -0.610. The SMILES string of the molecule is CNS(=O)(=O)CCNC(=O)c1ccc(N)cn1. The Morgan fingerprint density at radius 3 is 2.71 bits per heavy atom. The van der Waals surface area contributed by atoms with Gasteiger partial charge >= 0.3 is 0 Å². The van der Waals surface area contributed by atoms with Crippen molar-refractivity contribution in [3.63, 3.8) is 0 Å². The molecule has 17 heavy (non-hydrogen) atoms. The van der Waals surface area contributed by atoms with Crippen LogP contribution in [0.1, 0.15) is 10.5 Å². The van der Waals surface area contributed by atoms with Crippen molar-refractivity contribution in [3.8, 4) is 0 Å². The lowest BCUT2D eigenvalue weighted by molar-refractivity contribution is 0.0951. The summed E-state index contributed by atoms with van der Waals surface area (Å²) < 4.78 is 24.3. The van der Waals surface area contributed by atoms with Crippen LogP contribution in [0.15, 0.2) is 18.3 Å². The largest absolute Gasteiger partial charge is 0.397 e. The molecule has 1 aromatic rings. The van der Waals surface area contributed by atoms with Crippen LogP contribution in [0.5, 0.6) is 0 Å². The van der Waals surface area contributed by atoms with E-state index in [1.165, 1.54) is 19.3 Å². The lowest BCUT2D eigenvalue weighted by atomic mass is 10.3. The molecule has 0 saturated heterocycles. The van der Waals surface area contributed by atoms with Crippen molar-refractivity contribution >= 4 is 21.6 Å². The van der Waals surface area contributed by atoms with E-state index in [1.54, 1.807) is 6.07 Å². The number of nitrogens with one attached hydrogen (secondary N) is 2. The summed E-state index contributed by atoms with van der Waals surface area (Å²) in [6.45, 7) is 0.0219. The molecule has 4 N–H and O–H groups in total. The van der Waals surface area contributed by atoms with Gasteiger partial charge in [-0.05, 0) is 19.2 Å². The topological polar surface area (TPSA) is 114 Å². The maximum atomic E-state index is 11.5. The highest BCUT2D eigenvalue weighted by atomic mass is 32.2. The molecule has 0 saturated carbocycles. The van der Waals surface area contributed by atoms with E-state index >= 15 is 0 Å². The fourth-order valence-corrected chi connectivity index (χ4v) is 1.61. The predicted molar refractivity (Wildman–Crippen MR) is 63.8 cm³/mol. The first kappa shape index (κ1) is 13.4. The normalized spacial score (nSPS) is 11.1. The first-order chi connectivity index (χ1) is 7.94. The molecule has 1 aromatic heterocycles. The molecule has 0 aliphatic rings. The van der Waals surface area contributed by atoms with E-state index in [9.17, 15) is 13.2 Å². The summed E-state index contributed by atoms with van der Waals surface area (Å²) in [4.78, 5) is 15.3. The zero-order chi connectivity index (χ0) is 12.9. The minimum atomic E-state index is -3.31. The molecule has 1 rings (SSSR count). The van der Waals surface area contributed by atoms with Crippen molar-refractivity contribution in [2.75, 3.05) is 25.1 Å². The molecule has 1 amide bonds. The Bertz CT molecular complexity index is 483. The lowest BCUT2D eigenvalue weighted by Gasteiger charge is -2.05. The smallest absolute Gasteiger partial charge is 0.269 e. The summed E-state index contributed by atoms with van der Waals surface area (Å²) in [7, 11) is -1.99. The minimum absolute atomic E-state index is 0.0219. The molecule has 0 aromatic carbocycles. The van der Waals surface area contributed by atoms with E-state index in [-0.39, 0.29) is 18.0 Å². The van der Waals surface area contributed by atoms with E-state index in [4.69, 9.17) is 5.73 Å². The van der Waals surface area contributed by atoms with Gasteiger partial charge in [-0.1, -0.05) is 0 Å². The van der Waals surface area contributed by atoms with E-state index < -0.39 is 15.9 Å². The van der Waals surface area contributed by atoms with Crippen molar-refractivity contribution in [1.29, 1.82) is 0 Å². The Morgan fingerprint density at radius 2 is 2.18 bits per heavy atom. The molecule has 0 aliphatic carbocycles. The molecular formula is C9H14N4O3S. The van der Waals surface area contributed by atoms with Crippen LogP contribution in [0, 0.1) is 0 Å². The maximum absolute atomic E-state index is 11.5. The van der Waals surface area contributed by atoms with Gasteiger partial charge in [-0.2, -0.15) is 0 Å². The third-order valence-corrected chi connectivity index (χ3v) is 3.35. The van der Waals surface area contributed by atoms with E-state index in [1.807, 2.05) is 0 Å². The number of nitrogens with two attached hydrogens (primary N) is 1. The monoisotopic (exact) mass is 258 g/mol. The molecule has 1 heterocycles. The Labute approximate surface area is 99.5 Å². The molecule has 0 atom stereocenters. The number of pyridine rings is 1. The number of sulfonamides is 1. The minimum Gasteiger partial charge on any atom is -0.397 e. The van der Waals surface area contributed by atoms with Crippen LogP contribution in [0.25, 0.3) is 0 Å². The average Bonchev–Trinajstić information content (AvgIpc) is 2.29. The number of aromatic nitrogens is 1. The molecular weight excluding hydrogens is 244 g/mol. The van der Waals surface area contributed by atoms with Crippen molar-refractivity contribution < 1.29 is 13.2 Å². The van der Waals surface area contributed by atoms with Gasteiger partial charge in [-0.15, -0.1) is 0 Å². The number of hydrogen-bond acceptors (Lipinski definition) is 5. The van der Waals surface area contributed by atoms with Gasteiger partial charge in [0.05, 0.1) is 17.6 Å².